The molecule has 132 valence electrons. The first-order valence-corrected chi connectivity index (χ1v) is 8.32. The number of para-hydroxylation sites is 2. The van der Waals surface area contributed by atoms with Gasteiger partial charge in [-0.2, -0.15) is 0 Å². The first kappa shape index (κ1) is 18.5. The van der Waals surface area contributed by atoms with Gasteiger partial charge in [-0.1, -0.05) is 54.9 Å². The lowest BCUT2D eigenvalue weighted by atomic mass is 10.2. The second-order valence-electron chi connectivity index (χ2n) is 5.42. The second-order valence-corrected chi connectivity index (χ2v) is 5.42. The molecule has 2 rings (SSSR count). The van der Waals surface area contributed by atoms with E-state index in [9.17, 15) is 4.79 Å². The van der Waals surface area contributed by atoms with Crippen LogP contribution in [0.2, 0.25) is 0 Å². The number of rotatable bonds is 9. The van der Waals surface area contributed by atoms with Gasteiger partial charge in [-0.3, -0.25) is 0 Å². The van der Waals surface area contributed by atoms with Gasteiger partial charge >= 0.3 is 5.97 Å². The molecular formula is C20H23NO4. The summed E-state index contributed by atoms with van der Waals surface area (Å²) in [5.41, 5.74) is 1.06. The van der Waals surface area contributed by atoms with E-state index in [-0.39, 0.29) is 5.71 Å². The largest absolute Gasteiger partial charge is 0.489 e. The van der Waals surface area contributed by atoms with Gasteiger partial charge in [0.1, 0.15) is 25.2 Å². The van der Waals surface area contributed by atoms with Crippen LogP contribution >= 0.6 is 0 Å². The van der Waals surface area contributed by atoms with Crippen molar-refractivity contribution < 1.29 is 19.1 Å². The van der Waals surface area contributed by atoms with Crippen LogP contribution in [-0.2, 0) is 16.2 Å². The number of carbonyl (C=O) groups excluding carboxylic acids is 1. The van der Waals surface area contributed by atoms with Crippen molar-refractivity contribution in [3.8, 4) is 11.5 Å². The van der Waals surface area contributed by atoms with Crippen LogP contribution in [0, 0.1) is 0 Å². The number of ether oxygens (including phenoxy) is 2. The van der Waals surface area contributed by atoms with E-state index in [1.165, 1.54) is 7.11 Å². The van der Waals surface area contributed by atoms with Crippen molar-refractivity contribution in [3.63, 3.8) is 0 Å². The van der Waals surface area contributed by atoms with Crippen molar-refractivity contribution in [3.05, 3.63) is 60.2 Å². The van der Waals surface area contributed by atoms with Crippen molar-refractivity contribution in [2.24, 2.45) is 5.16 Å². The number of benzene rings is 2. The van der Waals surface area contributed by atoms with Crippen LogP contribution in [0.25, 0.3) is 0 Å². The van der Waals surface area contributed by atoms with Gasteiger partial charge in [-0.15, -0.1) is 0 Å². The fourth-order valence-corrected chi connectivity index (χ4v) is 2.20. The van der Waals surface area contributed by atoms with Crippen LogP contribution in [0.5, 0.6) is 11.5 Å². The quantitative estimate of drug-likeness (QED) is 0.294. The number of esters is 1. The Bertz CT molecular complexity index is 698. The highest BCUT2D eigenvalue weighted by Gasteiger charge is 2.16. The Morgan fingerprint density at radius 1 is 1.04 bits per heavy atom. The zero-order valence-electron chi connectivity index (χ0n) is 14.6. The smallest absolute Gasteiger partial charge is 0.361 e. The third-order valence-corrected chi connectivity index (χ3v) is 3.52. The zero-order valence-corrected chi connectivity index (χ0v) is 14.6. The van der Waals surface area contributed by atoms with Crippen molar-refractivity contribution in [1.82, 2.24) is 0 Å². The molecule has 5 heteroatoms. The van der Waals surface area contributed by atoms with E-state index in [4.69, 9.17) is 14.3 Å². The molecule has 0 radical (unpaired) electrons. The predicted octanol–water partition coefficient (Wildman–Crippen LogP) is 4.36. The van der Waals surface area contributed by atoms with Gasteiger partial charge in [0, 0.05) is 12.0 Å². The number of unbranched alkanes of at least 4 members (excludes halogenated alkanes) is 1. The highest BCUT2D eigenvalue weighted by molar-refractivity contribution is 6.36. The molecule has 0 unspecified atom stereocenters. The Kier molecular flexibility index (Phi) is 7.50. The number of nitrogens with zero attached hydrogens (tertiary/aromatic N) is 1. The van der Waals surface area contributed by atoms with Crippen molar-refractivity contribution in [2.45, 2.75) is 32.8 Å². The maximum Gasteiger partial charge on any atom is 0.361 e. The van der Waals surface area contributed by atoms with Gasteiger partial charge in [0.25, 0.3) is 0 Å². The highest BCUT2D eigenvalue weighted by Crippen LogP contribution is 2.21. The van der Waals surface area contributed by atoms with Gasteiger partial charge in [-0.05, 0) is 24.6 Å². The van der Waals surface area contributed by atoms with Crippen LogP contribution < -0.4 is 9.47 Å². The zero-order chi connectivity index (χ0) is 17.9. The fourth-order valence-electron chi connectivity index (χ4n) is 2.20. The molecule has 0 atom stereocenters. The van der Waals surface area contributed by atoms with Gasteiger partial charge in [0.05, 0.1) is 0 Å². The minimum absolute atomic E-state index is 0.281. The Morgan fingerprint density at radius 3 is 2.48 bits per heavy atom. The molecule has 0 spiro atoms. The maximum absolute atomic E-state index is 12.4. The summed E-state index contributed by atoms with van der Waals surface area (Å²) in [5.74, 6) is 0.722. The molecule has 0 aliphatic carbocycles. The first-order chi connectivity index (χ1) is 12.2. The summed E-state index contributed by atoms with van der Waals surface area (Å²) in [6, 6.07) is 16.8. The van der Waals surface area contributed by atoms with Gasteiger partial charge in [-0.25, -0.2) is 4.79 Å². The Hall–Kier alpha value is -2.82. The molecule has 2 aromatic carbocycles. The summed E-state index contributed by atoms with van der Waals surface area (Å²) in [6.07, 6.45) is 2.32. The van der Waals surface area contributed by atoms with E-state index in [0.29, 0.717) is 18.8 Å². The van der Waals surface area contributed by atoms with Gasteiger partial charge in [0.15, 0.2) is 5.71 Å². The molecular weight excluding hydrogens is 318 g/mol. The molecule has 0 amide bonds. The molecule has 0 saturated heterocycles. The minimum Gasteiger partial charge on any atom is -0.489 e. The van der Waals surface area contributed by atoms with Crippen molar-refractivity contribution in [1.29, 1.82) is 0 Å². The van der Waals surface area contributed by atoms with Gasteiger partial charge < -0.3 is 14.3 Å². The molecule has 0 aliphatic heterocycles. The molecule has 0 N–H and O–H groups in total. The topological polar surface area (TPSA) is 57.1 Å². The van der Waals surface area contributed by atoms with Crippen molar-refractivity contribution >= 4 is 11.7 Å². The summed E-state index contributed by atoms with van der Waals surface area (Å²) in [4.78, 5) is 17.1. The SMILES string of the molecule is CCCCC(=NOC)C(=O)Oc1ccccc1COc1ccccc1. The molecule has 0 fully saturated rings. The lowest BCUT2D eigenvalue weighted by Gasteiger charge is -2.12. The summed E-state index contributed by atoms with van der Waals surface area (Å²) in [7, 11) is 1.42. The molecule has 2 aromatic rings. The summed E-state index contributed by atoms with van der Waals surface area (Å²) < 4.78 is 11.3. The predicted molar refractivity (Wildman–Crippen MR) is 96.8 cm³/mol. The van der Waals surface area contributed by atoms with Gasteiger partial charge in [0.2, 0.25) is 0 Å². The fraction of sp³-hybridized carbons (Fsp3) is 0.300. The summed E-state index contributed by atoms with van der Waals surface area (Å²) >= 11 is 0. The van der Waals surface area contributed by atoms with E-state index in [1.54, 1.807) is 6.07 Å². The van der Waals surface area contributed by atoms with E-state index < -0.39 is 5.97 Å². The molecule has 0 bridgehead atoms. The van der Waals surface area contributed by atoms with Crippen LogP contribution in [0.4, 0.5) is 0 Å². The normalized spacial score (nSPS) is 11.0. The Balaban J connectivity index is 2.06. The third kappa shape index (κ3) is 5.95. The average molecular weight is 341 g/mol. The van der Waals surface area contributed by atoms with E-state index in [0.717, 1.165) is 24.2 Å². The molecule has 0 heterocycles. The van der Waals surface area contributed by atoms with Crippen LogP contribution in [-0.4, -0.2) is 18.8 Å². The average Bonchev–Trinajstić information content (AvgIpc) is 2.65. The molecule has 0 aromatic heterocycles. The maximum atomic E-state index is 12.4. The number of carbonyl (C=O) groups is 1. The number of hydrogen-bond acceptors (Lipinski definition) is 5. The Morgan fingerprint density at radius 2 is 1.76 bits per heavy atom. The molecule has 0 aliphatic rings. The number of oxime groups is 1. The van der Waals surface area contributed by atoms with Crippen LogP contribution in [0.3, 0.4) is 0 Å². The van der Waals surface area contributed by atoms with Crippen LogP contribution in [0.15, 0.2) is 59.8 Å². The highest BCUT2D eigenvalue weighted by atomic mass is 16.6. The third-order valence-electron chi connectivity index (χ3n) is 3.52. The summed E-state index contributed by atoms with van der Waals surface area (Å²) in [5, 5.41) is 3.79. The lowest BCUT2D eigenvalue weighted by molar-refractivity contribution is -0.127. The summed E-state index contributed by atoms with van der Waals surface area (Å²) in [6.45, 7) is 2.35. The first-order valence-electron chi connectivity index (χ1n) is 8.32. The van der Waals surface area contributed by atoms with E-state index >= 15 is 0 Å². The van der Waals surface area contributed by atoms with E-state index in [2.05, 4.69) is 5.16 Å². The lowest BCUT2D eigenvalue weighted by Crippen LogP contribution is -2.21. The van der Waals surface area contributed by atoms with Crippen LogP contribution in [0.1, 0.15) is 31.7 Å². The molecule has 25 heavy (non-hydrogen) atoms. The monoisotopic (exact) mass is 341 g/mol. The van der Waals surface area contributed by atoms with E-state index in [1.807, 2.05) is 55.5 Å². The Labute approximate surface area is 148 Å². The standard InChI is InChI=1S/C20H23NO4/c1-3-4-13-18(21-23-2)20(22)25-19-14-9-8-10-16(19)15-24-17-11-6-5-7-12-17/h5-12,14H,3-4,13,15H2,1-2H3. The minimum atomic E-state index is -0.498. The second kappa shape index (κ2) is 10.1. The number of hydrogen-bond donors (Lipinski definition) is 0. The molecule has 0 saturated carbocycles. The molecule has 5 nitrogen and oxygen atoms in total. The van der Waals surface area contributed by atoms with Crippen molar-refractivity contribution in [2.75, 3.05) is 7.11 Å².